The van der Waals surface area contributed by atoms with Crippen LogP contribution in [0.1, 0.15) is 47.8 Å². The summed E-state index contributed by atoms with van der Waals surface area (Å²) in [7, 11) is 1.60. The first kappa shape index (κ1) is 22.0. The number of ether oxygens (including phenoxy) is 1. The van der Waals surface area contributed by atoms with E-state index in [1.165, 1.54) is 16.7 Å². The van der Waals surface area contributed by atoms with E-state index in [1.54, 1.807) is 12.0 Å². The molecule has 0 spiro atoms. The molecule has 2 aromatic carbocycles. The zero-order valence-corrected chi connectivity index (χ0v) is 18.5. The Bertz CT molecular complexity index is 884. The molecule has 1 aliphatic rings. The number of amides is 2. The first-order valence-corrected chi connectivity index (χ1v) is 10.5. The number of fused-ring (bicyclic) bond motifs is 1. The van der Waals surface area contributed by atoms with Gasteiger partial charge in [-0.3, -0.25) is 9.59 Å². The Morgan fingerprint density at radius 1 is 1.03 bits per heavy atom. The van der Waals surface area contributed by atoms with E-state index in [2.05, 4.69) is 32.9 Å². The van der Waals surface area contributed by atoms with Crippen molar-refractivity contribution >= 4 is 11.8 Å². The molecule has 1 heterocycles. The van der Waals surface area contributed by atoms with Crippen molar-refractivity contribution in [2.75, 3.05) is 33.4 Å². The van der Waals surface area contributed by atoms with Gasteiger partial charge in [0.05, 0.1) is 6.61 Å². The van der Waals surface area contributed by atoms with Crippen LogP contribution in [-0.2, 0) is 27.9 Å². The molecule has 5 nitrogen and oxygen atoms in total. The van der Waals surface area contributed by atoms with Crippen molar-refractivity contribution in [3.05, 3.63) is 70.8 Å². The number of carbonyl (C=O) groups excluding carboxylic acids is 2. The van der Waals surface area contributed by atoms with E-state index in [0.29, 0.717) is 31.8 Å². The van der Waals surface area contributed by atoms with Crippen molar-refractivity contribution in [3.8, 4) is 0 Å². The van der Waals surface area contributed by atoms with Gasteiger partial charge in [-0.25, -0.2) is 0 Å². The van der Waals surface area contributed by atoms with Crippen molar-refractivity contribution in [1.29, 1.82) is 0 Å². The Kier molecular flexibility index (Phi) is 6.93. The number of hydrogen-bond donors (Lipinski definition) is 0. The number of rotatable bonds is 6. The van der Waals surface area contributed by atoms with Crippen molar-refractivity contribution in [2.45, 2.75) is 39.2 Å². The lowest BCUT2D eigenvalue weighted by atomic mass is 9.86. The van der Waals surface area contributed by atoms with Crippen molar-refractivity contribution in [1.82, 2.24) is 9.80 Å². The van der Waals surface area contributed by atoms with Gasteiger partial charge in [-0.2, -0.15) is 0 Å². The summed E-state index contributed by atoms with van der Waals surface area (Å²) in [6.45, 7) is 8.54. The fraction of sp³-hybridized carbons (Fsp3) is 0.440. The van der Waals surface area contributed by atoms with Crippen LogP contribution in [0.15, 0.2) is 48.5 Å². The molecule has 2 amide bonds. The van der Waals surface area contributed by atoms with Crippen LogP contribution in [0.25, 0.3) is 0 Å². The molecule has 0 atom stereocenters. The highest BCUT2D eigenvalue weighted by Gasteiger charge is 2.25. The third-order valence-electron chi connectivity index (χ3n) is 5.66. The zero-order chi connectivity index (χ0) is 21.7. The third kappa shape index (κ3) is 5.28. The molecular formula is C25H32N2O3. The molecule has 160 valence electrons. The van der Waals surface area contributed by atoms with Gasteiger partial charge in [0.25, 0.3) is 5.91 Å². The first-order valence-electron chi connectivity index (χ1n) is 10.5. The van der Waals surface area contributed by atoms with Gasteiger partial charge in [0.2, 0.25) is 5.91 Å². The first-order chi connectivity index (χ1) is 14.3. The molecule has 0 N–H and O–H groups in total. The van der Waals surface area contributed by atoms with Gasteiger partial charge in [0.15, 0.2) is 0 Å². The van der Waals surface area contributed by atoms with E-state index < -0.39 is 0 Å². The van der Waals surface area contributed by atoms with Crippen molar-refractivity contribution in [3.63, 3.8) is 0 Å². The van der Waals surface area contributed by atoms with Crippen LogP contribution in [0, 0.1) is 0 Å². The minimum Gasteiger partial charge on any atom is -0.383 e. The second-order valence-electron chi connectivity index (χ2n) is 8.88. The fourth-order valence-electron chi connectivity index (χ4n) is 3.72. The quantitative estimate of drug-likeness (QED) is 0.733. The average molecular weight is 409 g/mol. The summed E-state index contributed by atoms with van der Waals surface area (Å²) < 4.78 is 5.18. The number of nitrogens with zero attached hydrogens (tertiary/aromatic N) is 2. The van der Waals surface area contributed by atoms with Crippen LogP contribution in [0.3, 0.4) is 0 Å². The topological polar surface area (TPSA) is 49.9 Å². The number of hydrogen-bond acceptors (Lipinski definition) is 3. The molecule has 0 saturated heterocycles. The predicted molar refractivity (Wildman–Crippen MR) is 118 cm³/mol. The summed E-state index contributed by atoms with van der Waals surface area (Å²) in [4.78, 5) is 29.6. The van der Waals surface area contributed by atoms with E-state index >= 15 is 0 Å². The predicted octanol–water partition coefficient (Wildman–Crippen LogP) is 3.66. The SMILES string of the molecule is COCCN(CC(=O)N1CCc2ccccc2C1)C(=O)c1ccc(C(C)(C)C)cc1. The van der Waals surface area contributed by atoms with Crippen molar-refractivity contribution in [2.24, 2.45) is 0 Å². The maximum Gasteiger partial charge on any atom is 0.254 e. The summed E-state index contributed by atoms with van der Waals surface area (Å²) in [6.07, 6.45) is 0.849. The molecule has 0 radical (unpaired) electrons. The van der Waals surface area contributed by atoms with Crippen LogP contribution in [-0.4, -0.2) is 55.0 Å². The van der Waals surface area contributed by atoms with Gasteiger partial charge < -0.3 is 14.5 Å². The van der Waals surface area contributed by atoms with E-state index in [1.807, 2.05) is 41.3 Å². The zero-order valence-electron chi connectivity index (χ0n) is 18.5. The van der Waals surface area contributed by atoms with E-state index in [4.69, 9.17) is 4.74 Å². The Hall–Kier alpha value is -2.66. The molecule has 3 rings (SSSR count). The molecule has 5 heteroatoms. The minimum absolute atomic E-state index is 0.0256. The third-order valence-corrected chi connectivity index (χ3v) is 5.66. The van der Waals surface area contributed by atoms with Gasteiger partial charge >= 0.3 is 0 Å². The molecule has 2 aromatic rings. The Morgan fingerprint density at radius 3 is 2.33 bits per heavy atom. The summed E-state index contributed by atoms with van der Waals surface area (Å²) in [5, 5.41) is 0. The number of carbonyl (C=O) groups is 2. The highest BCUT2D eigenvalue weighted by Crippen LogP contribution is 2.23. The van der Waals surface area contributed by atoms with Gasteiger partial charge in [-0.05, 0) is 40.7 Å². The molecule has 0 unspecified atom stereocenters. The molecule has 0 aromatic heterocycles. The lowest BCUT2D eigenvalue weighted by Crippen LogP contribution is -2.45. The Balaban J connectivity index is 1.71. The smallest absolute Gasteiger partial charge is 0.254 e. The number of benzene rings is 2. The van der Waals surface area contributed by atoms with E-state index in [0.717, 1.165) is 6.42 Å². The maximum atomic E-state index is 13.1. The monoisotopic (exact) mass is 408 g/mol. The van der Waals surface area contributed by atoms with E-state index in [-0.39, 0.29) is 23.8 Å². The Labute approximate surface area is 179 Å². The molecule has 0 aliphatic carbocycles. The second-order valence-corrected chi connectivity index (χ2v) is 8.88. The highest BCUT2D eigenvalue weighted by molar-refractivity contribution is 5.96. The fourth-order valence-corrected chi connectivity index (χ4v) is 3.72. The van der Waals surface area contributed by atoms with Crippen LogP contribution < -0.4 is 0 Å². The van der Waals surface area contributed by atoms with Gasteiger partial charge in [-0.1, -0.05) is 57.2 Å². The standard InChI is InChI=1S/C25H32N2O3/c1-25(2,3)22-11-9-20(10-12-22)24(29)27(15-16-30-4)18-23(28)26-14-13-19-7-5-6-8-21(19)17-26/h5-12H,13-18H2,1-4H3. The Morgan fingerprint density at radius 2 is 1.70 bits per heavy atom. The number of methoxy groups -OCH3 is 1. The molecule has 30 heavy (non-hydrogen) atoms. The largest absolute Gasteiger partial charge is 0.383 e. The van der Waals surface area contributed by atoms with Crippen LogP contribution in [0.5, 0.6) is 0 Å². The molecule has 0 bridgehead atoms. The summed E-state index contributed by atoms with van der Waals surface area (Å²) in [5.41, 5.74) is 4.27. The van der Waals surface area contributed by atoms with Crippen molar-refractivity contribution < 1.29 is 14.3 Å². The van der Waals surface area contributed by atoms with Crippen LogP contribution >= 0.6 is 0 Å². The lowest BCUT2D eigenvalue weighted by molar-refractivity contribution is -0.133. The highest BCUT2D eigenvalue weighted by atomic mass is 16.5. The second kappa shape index (κ2) is 9.43. The van der Waals surface area contributed by atoms with E-state index in [9.17, 15) is 9.59 Å². The average Bonchev–Trinajstić information content (AvgIpc) is 2.75. The summed E-state index contributed by atoms with van der Waals surface area (Å²) in [6, 6.07) is 15.9. The summed E-state index contributed by atoms with van der Waals surface area (Å²) >= 11 is 0. The van der Waals surface area contributed by atoms with Gasteiger partial charge in [0.1, 0.15) is 6.54 Å². The maximum absolute atomic E-state index is 13.1. The normalized spacial score (nSPS) is 13.7. The molecule has 0 fully saturated rings. The van der Waals surface area contributed by atoms with Gasteiger partial charge in [-0.15, -0.1) is 0 Å². The molecule has 1 aliphatic heterocycles. The van der Waals surface area contributed by atoms with Gasteiger partial charge in [0, 0.05) is 32.3 Å². The lowest BCUT2D eigenvalue weighted by Gasteiger charge is -2.31. The van der Waals surface area contributed by atoms with Crippen LogP contribution in [0.2, 0.25) is 0 Å². The summed E-state index contributed by atoms with van der Waals surface area (Å²) in [5.74, 6) is -0.168. The molecular weight excluding hydrogens is 376 g/mol. The van der Waals surface area contributed by atoms with Crippen LogP contribution in [0.4, 0.5) is 0 Å². The minimum atomic E-state index is -0.140. The molecule has 0 saturated carbocycles.